The van der Waals surface area contributed by atoms with Gasteiger partial charge in [-0.1, -0.05) is 13.8 Å². The standard InChI is InChI=1S/C13H25O7PS/c1-6-18-12(14)13(9-21-15,19-7-2)11(10(3)4)8-20-22(5,16)17/h10-11H,6-9H2,1-5H3. The molecule has 0 aliphatic heterocycles. The van der Waals surface area contributed by atoms with Crippen molar-refractivity contribution in [2.45, 2.75) is 33.3 Å². The Balaban J connectivity index is 5.69. The zero-order chi connectivity index (χ0) is 17.4. The monoisotopic (exact) mass is 356 g/mol. The summed E-state index contributed by atoms with van der Waals surface area (Å²) in [5.41, 5.74) is -1.51. The Labute approximate surface area is 134 Å². The second kappa shape index (κ2) is 9.55. The van der Waals surface area contributed by atoms with Crippen LogP contribution < -0.4 is 0 Å². The van der Waals surface area contributed by atoms with E-state index in [-0.39, 0.29) is 40.4 Å². The molecule has 0 bridgehead atoms. The van der Waals surface area contributed by atoms with Crippen LogP contribution in [0.2, 0.25) is 0 Å². The maximum Gasteiger partial charge on any atom is 0.339 e. The molecular formula is C13H25O7PS. The molecule has 2 unspecified atom stereocenters. The van der Waals surface area contributed by atoms with Crippen LogP contribution in [0.25, 0.3) is 0 Å². The van der Waals surface area contributed by atoms with Gasteiger partial charge in [-0.15, -0.1) is 0 Å². The van der Waals surface area contributed by atoms with Crippen molar-refractivity contribution in [3.63, 3.8) is 0 Å². The van der Waals surface area contributed by atoms with Gasteiger partial charge in [-0.25, -0.2) is 4.79 Å². The first-order valence-corrected chi connectivity index (χ1v) is 9.90. The zero-order valence-electron chi connectivity index (χ0n) is 13.7. The Morgan fingerprint density at radius 1 is 1.23 bits per heavy atom. The first-order valence-electron chi connectivity index (χ1n) is 7.09. The van der Waals surface area contributed by atoms with Crippen LogP contribution in [0.4, 0.5) is 0 Å². The molecule has 7 nitrogen and oxygen atoms in total. The molecule has 0 spiro atoms. The number of rotatable bonds is 11. The fraction of sp³-hybridized carbons (Fsp3) is 0.923. The second-order valence-corrected chi connectivity index (χ2v) is 7.39. The lowest BCUT2D eigenvalue weighted by Crippen LogP contribution is -2.54. The summed E-state index contributed by atoms with van der Waals surface area (Å²) < 4.78 is 49.2. The average molecular weight is 356 g/mol. The van der Waals surface area contributed by atoms with Gasteiger partial charge in [-0.05, 0) is 19.8 Å². The van der Waals surface area contributed by atoms with E-state index < -0.39 is 27.6 Å². The van der Waals surface area contributed by atoms with Crippen molar-refractivity contribution >= 4 is 24.5 Å². The predicted octanol–water partition coefficient (Wildman–Crippen LogP) is 1.86. The first kappa shape index (κ1) is 21.4. The van der Waals surface area contributed by atoms with Crippen LogP contribution in [-0.4, -0.2) is 52.2 Å². The van der Waals surface area contributed by atoms with Crippen LogP contribution >= 0.6 is 8.46 Å². The maximum atomic E-state index is 12.4. The smallest absolute Gasteiger partial charge is 0.339 e. The number of hydrogen-bond donors (Lipinski definition) is 0. The molecule has 0 aromatic heterocycles. The molecule has 0 aliphatic rings. The van der Waals surface area contributed by atoms with Crippen LogP contribution in [0.3, 0.4) is 0 Å². The highest BCUT2D eigenvalue weighted by Gasteiger charge is 2.50. The molecule has 0 saturated heterocycles. The topological polar surface area (TPSA) is 96.0 Å². The van der Waals surface area contributed by atoms with Crippen LogP contribution in [0.15, 0.2) is 0 Å². The van der Waals surface area contributed by atoms with Crippen molar-refractivity contribution in [3.8, 4) is 0 Å². The van der Waals surface area contributed by atoms with Crippen molar-refractivity contribution in [3.05, 3.63) is 0 Å². The van der Waals surface area contributed by atoms with Gasteiger partial charge in [0, 0.05) is 12.5 Å². The summed E-state index contributed by atoms with van der Waals surface area (Å²) in [4.78, 5) is 12.4. The lowest BCUT2D eigenvalue weighted by molar-refractivity contribution is -0.181. The molecule has 0 fully saturated rings. The molecule has 9 heteroatoms. The van der Waals surface area contributed by atoms with Crippen LogP contribution in [-0.2, 0) is 33.1 Å². The average Bonchev–Trinajstić information content (AvgIpc) is 2.37. The van der Waals surface area contributed by atoms with Crippen LogP contribution in [0.5, 0.6) is 0 Å². The Hall–Kier alpha value is -0.560. The summed E-state index contributed by atoms with van der Waals surface area (Å²) in [6.45, 7) is 7.06. The highest BCUT2D eigenvalue weighted by molar-refractivity contribution is 7.85. The molecular weight excluding hydrogens is 331 g/mol. The SMILES string of the molecule is CCOC(=O)C(CP=O)(OCC)C(COS(C)(=O)=O)C(C)C. The van der Waals surface area contributed by atoms with E-state index in [0.29, 0.717) is 0 Å². The van der Waals surface area contributed by atoms with Crippen LogP contribution in [0.1, 0.15) is 27.7 Å². The van der Waals surface area contributed by atoms with Crippen molar-refractivity contribution in [2.75, 3.05) is 32.2 Å². The summed E-state index contributed by atoms with van der Waals surface area (Å²) in [6, 6.07) is 0. The van der Waals surface area contributed by atoms with E-state index in [9.17, 15) is 17.8 Å². The number of hydrogen-bond acceptors (Lipinski definition) is 7. The Bertz CT molecular complexity index is 463. The molecule has 0 N–H and O–H groups in total. The van der Waals surface area contributed by atoms with Gasteiger partial charge in [0.1, 0.15) is 0 Å². The van der Waals surface area contributed by atoms with E-state index in [1.165, 1.54) is 0 Å². The molecule has 0 aromatic carbocycles. The van der Waals surface area contributed by atoms with Crippen molar-refractivity contribution in [2.24, 2.45) is 11.8 Å². The van der Waals surface area contributed by atoms with Crippen molar-refractivity contribution in [1.82, 2.24) is 0 Å². The molecule has 2 atom stereocenters. The minimum atomic E-state index is -3.67. The van der Waals surface area contributed by atoms with E-state index in [4.69, 9.17) is 13.7 Å². The fourth-order valence-electron chi connectivity index (χ4n) is 2.21. The zero-order valence-corrected chi connectivity index (χ0v) is 15.4. The van der Waals surface area contributed by atoms with E-state index in [0.717, 1.165) is 6.26 Å². The van der Waals surface area contributed by atoms with E-state index in [1.807, 2.05) is 13.8 Å². The molecule has 130 valence electrons. The van der Waals surface area contributed by atoms with Gasteiger partial charge in [-0.2, -0.15) is 8.42 Å². The molecule has 0 saturated carbocycles. The maximum absolute atomic E-state index is 12.4. The van der Waals surface area contributed by atoms with Crippen molar-refractivity contribution < 1.29 is 31.4 Å². The van der Waals surface area contributed by atoms with Gasteiger partial charge in [0.2, 0.25) is 0 Å². The lowest BCUT2D eigenvalue weighted by Gasteiger charge is -2.38. The van der Waals surface area contributed by atoms with Gasteiger partial charge >= 0.3 is 5.97 Å². The third-order valence-corrected chi connectivity index (χ3v) is 4.35. The van der Waals surface area contributed by atoms with Gasteiger partial charge in [0.05, 0.1) is 25.6 Å². The van der Waals surface area contributed by atoms with E-state index in [1.54, 1.807) is 13.8 Å². The van der Waals surface area contributed by atoms with Crippen molar-refractivity contribution in [1.29, 1.82) is 0 Å². The normalized spacial score (nSPS) is 16.5. The second-order valence-electron chi connectivity index (χ2n) is 5.17. The van der Waals surface area contributed by atoms with Gasteiger partial charge in [-0.3, -0.25) is 8.75 Å². The summed E-state index contributed by atoms with van der Waals surface area (Å²) in [6.07, 6.45) is 0.804. The number of carbonyl (C=O) groups is 1. The number of ether oxygens (including phenoxy) is 2. The Morgan fingerprint density at radius 3 is 2.18 bits per heavy atom. The lowest BCUT2D eigenvalue weighted by atomic mass is 9.81. The third-order valence-electron chi connectivity index (χ3n) is 3.19. The van der Waals surface area contributed by atoms with Gasteiger partial charge in [0.25, 0.3) is 10.1 Å². The summed E-state index contributed by atoms with van der Waals surface area (Å²) >= 11 is 0. The Morgan fingerprint density at radius 2 is 1.82 bits per heavy atom. The molecule has 22 heavy (non-hydrogen) atoms. The van der Waals surface area contributed by atoms with Gasteiger partial charge < -0.3 is 9.47 Å². The van der Waals surface area contributed by atoms with Gasteiger partial charge in [0.15, 0.2) is 14.1 Å². The third kappa shape index (κ3) is 6.28. The summed E-state index contributed by atoms with van der Waals surface area (Å²) in [5.74, 6) is -1.43. The van der Waals surface area contributed by atoms with Crippen LogP contribution in [0, 0.1) is 11.8 Å². The molecule has 0 aliphatic carbocycles. The summed E-state index contributed by atoms with van der Waals surface area (Å²) in [5, 5.41) is 0. The highest BCUT2D eigenvalue weighted by Crippen LogP contribution is 2.34. The Kier molecular flexibility index (Phi) is 9.31. The number of esters is 1. The molecule has 0 aromatic rings. The molecule has 0 heterocycles. The summed E-state index contributed by atoms with van der Waals surface area (Å²) in [7, 11) is -3.96. The highest BCUT2D eigenvalue weighted by atomic mass is 32.2. The molecule has 0 rings (SSSR count). The minimum absolute atomic E-state index is 0.129. The van der Waals surface area contributed by atoms with E-state index in [2.05, 4.69) is 0 Å². The largest absolute Gasteiger partial charge is 0.464 e. The fourth-order valence-corrected chi connectivity index (χ4v) is 3.25. The quantitative estimate of drug-likeness (QED) is 0.317. The first-order chi connectivity index (χ1) is 10.1. The molecule has 0 radical (unpaired) electrons. The van der Waals surface area contributed by atoms with E-state index >= 15 is 0 Å². The predicted molar refractivity (Wildman–Crippen MR) is 82.6 cm³/mol. The number of carbonyl (C=O) groups excluding carboxylic acids is 1. The minimum Gasteiger partial charge on any atom is -0.464 e. The molecule has 0 amide bonds.